The lowest BCUT2D eigenvalue weighted by atomic mass is 9.73. The van der Waals surface area contributed by atoms with E-state index in [1.54, 1.807) is 7.05 Å². The van der Waals surface area contributed by atoms with Crippen LogP contribution in [0.1, 0.15) is 45.4 Å². The van der Waals surface area contributed by atoms with E-state index in [-0.39, 0.29) is 11.5 Å². The zero-order valence-corrected chi connectivity index (χ0v) is 11.4. The second-order valence-corrected chi connectivity index (χ2v) is 7.41. The third-order valence-corrected chi connectivity index (χ3v) is 6.29. The highest BCUT2D eigenvalue weighted by Crippen LogP contribution is 2.42. The van der Waals surface area contributed by atoms with E-state index in [0.717, 1.165) is 12.8 Å². The summed E-state index contributed by atoms with van der Waals surface area (Å²) in [4.78, 5) is 12.0. The predicted molar refractivity (Wildman–Crippen MR) is 66.2 cm³/mol. The number of carbonyl (C=O) groups excluding carboxylic acids is 1. The van der Waals surface area contributed by atoms with E-state index in [0.29, 0.717) is 18.8 Å². The van der Waals surface area contributed by atoms with Gasteiger partial charge in [0.05, 0.1) is 5.54 Å². The molecular formula is C12H21NO3S. The minimum Gasteiger partial charge on any atom is -0.296 e. The molecule has 1 aliphatic heterocycles. The number of hydrogen-bond acceptors (Lipinski definition) is 3. The molecule has 1 saturated carbocycles. The van der Waals surface area contributed by atoms with Crippen LogP contribution in [0.25, 0.3) is 0 Å². The van der Waals surface area contributed by atoms with Crippen molar-refractivity contribution >= 4 is 15.8 Å². The van der Waals surface area contributed by atoms with Crippen molar-refractivity contribution < 1.29 is 13.2 Å². The van der Waals surface area contributed by atoms with E-state index < -0.39 is 15.6 Å². The normalized spacial score (nSPS) is 37.8. The van der Waals surface area contributed by atoms with Crippen LogP contribution in [0, 0.1) is 5.92 Å². The van der Waals surface area contributed by atoms with Crippen molar-refractivity contribution in [1.82, 2.24) is 4.31 Å². The fraction of sp³-hybridized carbons (Fsp3) is 0.917. The van der Waals surface area contributed by atoms with Crippen molar-refractivity contribution in [3.63, 3.8) is 0 Å². The first-order valence-electron chi connectivity index (χ1n) is 6.42. The van der Waals surface area contributed by atoms with Crippen LogP contribution in [0.3, 0.4) is 0 Å². The summed E-state index contributed by atoms with van der Waals surface area (Å²) in [5.41, 5.74) is -0.691. The van der Waals surface area contributed by atoms with Crippen LogP contribution in [-0.2, 0) is 14.8 Å². The summed E-state index contributed by atoms with van der Waals surface area (Å²) in [5.74, 6) is 0.298. The number of nitrogens with zero attached hydrogens (tertiary/aromatic N) is 1. The molecular weight excluding hydrogens is 238 g/mol. The number of carbonyl (C=O) groups is 1. The summed E-state index contributed by atoms with van der Waals surface area (Å²) < 4.78 is 24.9. The molecule has 1 heterocycles. The third kappa shape index (κ3) is 2.03. The van der Waals surface area contributed by atoms with E-state index in [4.69, 9.17) is 0 Å². The number of rotatable bonds is 2. The zero-order chi connectivity index (χ0) is 12.7. The Balaban J connectivity index is 2.15. The van der Waals surface area contributed by atoms with Gasteiger partial charge < -0.3 is 0 Å². The Labute approximate surface area is 103 Å². The quantitative estimate of drug-likeness (QED) is 0.756. The summed E-state index contributed by atoms with van der Waals surface area (Å²) in [5, 5.41) is 0. The van der Waals surface area contributed by atoms with Crippen molar-refractivity contribution in [2.24, 2.45) is 5.92 Å². The Morgan fingerprint density at radius 1 is 1.35 bits per heavy atom. The summed E-state index contributed by atoms with van der Waals surface area (Å²) in [6.45, 7) is 2.17. The van der Waals surface area contributed by atoms with Crippen LogP contribution in [0.4, 0.5) is 0 Å². The summed E-state index contributed by atoms with van der Waals surface area (Å²) in [7, 11) is -1.76. The number of ketones is 1. The second kappa shape index (κ2) is 4.35. The Bertz CT molecular complexity index is 407. The molecule has 0 aromatic rings. The Hall–Kier alpha value is -0.420. The molecule has 5 heteroatoms. The maximum atomic E-state index is 12.0. The zero-order valence-electron chi connectivity index (χ0n) is 10.6. The molecule has 2 aliphatic rings. The van der Waals surface area contributed by atoms with Crippen LogP contribution < -0.4 is 0 Å². The van der Waals surface area contributed by atoms with E-state index in [1.807, 2.05) is 0 Å². The predicted octanol–water partition coefficient (Wildman–Crippen LogP) is 1.56. The first-order valence-corrected chi connectivity index (χ1v) is 8.03. The Morgan fingerprint density at radius 2 is 1.94 bits per heavy atom. The molecule has 4 nitrogen and oxygen atoms in total. The minimum absolute atomic E-state index is 0.0880. The molecule has 1 saturated heterocycles. The first kappa shape index (κ1) is 13.0. The second-order valence-electron chi connectivity index (χ2n) is 5.41. The molecule has 2 rings (SSSR count). The molecule has 0 bridgehead atoms. The molecule has 0 radical (unpaired) electrons. The highest BCUT2D eigenvalue weighted by atomic mass is 32.2. The molecule has 1 aliphatic carbocycles. The lowest BCUT2D eigenvalue weighted by Crippen LogP contribution is -2.49. The fourth-order valence-electron chi connectivity index (χ4n) is 3.28. The van der Waals surface area contributed by atoms with Crippen molar-refractivity contribution in [3.8, 4) is 0 Å². The topological polar surface area (TPSA) is 54.5 Å². The number of likely N-dealkylation sites (N-methyl/N-ethyl adjacent to an activating group) is 1. The first-order chi connectivity index (χ1) is 7.92. The standard InChI is InChI=1S/C12H21NO3S/c1-3-4-10-5-7-12(8-6-10)11(14)9-17(15,16)13(12)2/h10H,3-9H2,1-2H3. The number of Topliss-reactive ketones (excluding diaryl/α,β-unsaturated/α-hetero) is 1. The van der Waals surface area contributed by atoms with Crippen LogP contribution in [-0.4, -0.2) is 36.8 Å². The molecule has 0 aromatic carbocycles. The number of sulfonamides is 1. The van der Waals surface area contributed by atoms with E-state index in [9.17, 15) is 13.2 Å². The highest BCUT2D eigenvalue weighted by molar-refractivity contribution is 7.90. The van der Waals surface area contributed by atoms with Crippen molar-refractivity contribution in [2.45, 2.75) is 51.0 Å². The van der Waals surface area contributed by atoms with Gasteiger partial charge in [-0.15, -0.1) is 0 Å². The fourth-order valence-corrected chi connectivity index (χ4v) is 4.90. The molecule has 0 atom stereocenters. The maximum Gasteiger partial charge on any atom is 0.221 e. The van der Waals surface area contributed by atoms with Gasteiger partial charge in [0.1, 0.15) is 5.75 Å². The van der Waals surface area contributed by atoms with Crippen molar-refractivity contribution in [3.05, 3.63) is 0 Å². The molecule has 0 amide bonds. The highest BCUT2D eigenvalue weighted by Gasteiger charge is 2.55. The van der Waals surface area contributed by atoms with Crippen LogP contribution in [0.2, 0.25) is 0 Å². The minimum atomic E-state index is -3.33. The van der Waals surface area contributed by atoms with Crippen LogP contribution in [0.5, 0.6) is 0 Å². The van der Waals surface area contributed by atoms with Gasteiger partial charge in [0.25, 0.3) is 0 Å². The van der Waals surface area contributed by atoms with Gasteiger partial charge in [-0.05, 0) is 31.6 Å². The van der Waals surface area contributed by atoms with Gasteiger partial charge in [-0.1, -0.05) is 19.8 Å². The maximum absolute atomic E-state index is 12.0. The molecule has 98 valence electrons. The summed E-state index contributed by atoms with van der Waals surface area (Å²) >= 11 is 0. The average Bonchev–Trinajstić information content (AvgIpc) is 2.43. The molecule has 0 N–H and O–H groups in total. The summed E-state index contributed by atoms with van der Waals surface area (Å²) in [6, 6.07) is 0. The molecule has 2 fully saturated rings. The van der Waals surface area contributed by atoms with Gasteiger partial charge in [0.2, 0.25) is 10.0 Å². The monoisotopic (exact) mass is 259 g/mol. The van der Waals surface area contributed by atoms with Crippen molar-refractivity contribution in [1.29, 1.82) is 0 Å². The average molecular weight is 259 g/mol. The van der Waals surface area contributed by atoms with Gasteiger partial charge in [0, 0.05) is 7.05 Å². The van der Waals surface area contributed by atoms with Gasteiger partial charge in [-0.3, -0.25) is 4.79 Å². The largest absolute Gasteiger partial charge is 0.296 e. The molecule has 0 unspecified atom stereocenters. The molecule has 17 heavy (non-hydrogen) atoms. The van der Waals surface area contributed by atoms with E-state index in [2.05, 4.69) is 6.92 Å². The summed E-state index contributed by atoms with van der Waals surface area (Å²) in [6.07, 6.45) is 5.76. The van der Waals surface area contributed by atoms with E-state index in [1.165, 1.54) is 17.1 Å². The molecule has 0 aromatic heterocycles. The van der Waals surface area contributed by atoms with Gasteiger partial charge >= 0.3 is 0 Å². The Morgan fingerprint density at radius 3 is 2.35 bits per heavy atom. The van der Waals surface area contributed by atoms with Gasteiger partial charge in [0.15, 0.2) is 5.78 Å². The number of hydrogen-bond donors (Lipinski definition) is 0. The third-order valence-electron chi connectivity index (χ3n) is 4.48. The lowest BCUT2D eigenvalue weighted by Gasteiger charge is -2.39. The van der Waals surface area contributed by atoms with E-state index >= 15 is 0 Å². The van der Waals surface area contributed by atoms with Gasteiger partial charge in [-0.25, -0.2) is 8.42 Å². The Kier molecular flexibility index (Phi) is 3.34. The van der Waals surface area contributed by atoms with Crippen LogP contribution in [0.15, 0.2) is 0 Å². The van der Waals surface area contributed by atoms with Crippen molar-refractivity contribution in [2.75, 3.05) is 12.8 Å². The van der Waals surface area contributed by atoms with Gasteiger partial charge in [-0.2, -0.15) is 4.31 Å². The van der Waals surface area contributed by atoms with Crippen LogP contribution >= 0.6 is 0 Å². The SMILES string of the molecule is CCCC1CCC2(CC1)C(=O)CS(=O)(=O)N2C. The lowest BCUT2D eigenvalue weighted by molar-refractivity contribution is -0.125. The smallest absolute Gasteiger partial charge is 0.221 e. The molecule has 1 spiro atoms.